The van der Waals surface area contributed by atoms with Crippen LogP contribution in [0.3, 0.4) is 0 Å². The number of sulfonamides is 1. The molecule has 1 aliphatic rings. The number of urea groups is 1. The van der Waals surface area contributed by atoms with E-state index in [1.54, 1.807) is 18.1 Å². The van der Waals surface area contributed by atoms with Gasteiger partial charge in [0.2, 0.25) is 0 Å². The maximum Gasteiger partial charge on any atom is 0.331 e. The van der Waals surface area contributed by atoms with Crippen molar-refractivity contribution in [1.29, 1.82) is 0 Å². The second-order valence-electron chi connectivity index (χ2n) is 9.10. The van der Waals surface area contributed by atoms with E-state index >= 15 is 0 Å². The first-order valence-corrected chi connectivity index (χ1v) is 13.4. The number of amides is 2. The number of piperidine rings is 1. The number of rotatable bonds is 9. The zero-order valence-corrected chi connectivity index (χ0v) is 21.2. The molecule has 1 aliphatic heterocycles. The van der Waals surface area contributed by atoms with Crippen molar-refractivity contribution in [1.82, 2.24) is 9.62 Å². The summed E-state index contributed by atoms with van der Waals surface area (Å²) in [6, 6.07) is 15.2. The van der Waals surface area contributed by atoms with E-state index in [1.807, 2.05) is 43.3 Å². The van der Waals surface area contributed by atoms with Crippen molar-refractivity contribution in [2.75, 3.05) is 20.2 Å². The minimum atomic E-state index is -3.87. The Bertz CT molecular complexity index is 1090. The number of hydrogen-bond acceptors (Lipinski definition) is 4. The predicted octanol–water partition coefficient (Wildman–Crippen LogP) is 5.53. The van der Waals surface area contributed by atoms with Gasteiger partial charge in [0.05, 0.1) is 12.0 Å². The molecule has 1 saturated heterocycles. The second kappa shape index (κ2) is 12.1. The molecule has 0 atom stereocenters. The Balaban J connectivity index is 1.40. The number of likely N-dealkylation sites (tertiary alicyclic amines) is 1. The van der Waals surface area contributed by atoms with E-state index in [0.717, 1.165) is 55.4 Å². The lowest BCUT2D eigenvalue weighted by Gasteiger charge is -2.32. The third kappa shape index (κ3) is 7.62. The number of carbonyl (C=O) groups is 1. The van der Waals surface area contributed by atoms with Gasteiger partial charge >= 0.3 is 6.03 Å². The molecule has 34 heavy (non-hydrogen) atoms. The maximum atomic E-state index is 12.6. The van der Waals surface area contributed by atoms with Gasteiger partial charge in [0, 0.05) is 13.1 Å². The molecule has 1 fully saturated rings. The highest BCUT2D eigenvalue weighted by Gasteiger charge is 2.26. The van der Waals surface area contributed by atoms with Crippen LogP contribution in [0.1, 0.15) is 55.7 Å². The van der Waals surface area contributed by atoms with E-state index in [1.165, 1.54) is 12.5 Å². The third-order valence-electron chi connectivity index (χ3n) is 6.46. The lowest BCUT2D eigenvalue weighted by Crippen LogP contribution is -2.46. The number of nitrogens with zero attached hydrogens (tertiary/aromatic N) is 1. The molecule has 1 N–H and O–H groups in total. The highest BCUT2D eigenvalue weighted by atomic mass is 32.2. The van der Waals surface area contributed by atoms with Crippen LogP contribution < -0.4 is 9.46 Å². The van der Waals surface area contributed by atoms with Crippen LogP contribution in [-0.2, 0) is 16.4 Å². The van der Waals surface area contributed by atoms with Crippen molar-refractivity contribution in [2.45, 2.75) is 52.4 Å². The zero-order chi connectivity index (χ0) is 24.6. The average molecular weight is 485 g/mol. The molecule has 0 spiro atoms. The Morgan fingerprint density at radius 1 is 1.12 bits per heavy atom. The van der Waals surface area contributed by atoms with Crippen molar-refractivity contribution >= 4 is 22.1 Å². The molecule has 3 rings (SSSR count). The monoisotopic (exact) mass is 484 g/mol. The Morgan fingerprint density at radius 2 is 1.82 bits per heavy atom. The fraction of sp³-hybridized carbons (Fsp3) is 0.444. The lowest BCUT2D eigenvalue weighted by atomic mass is 9.91. The summed E-state index contributed by atoms with van der Waals surface area (Å²) in [4.78, 5) is 14.3. The number of nitrogens with one attached hydrogen (secondary N) is 1. The summed E-state index contributed by atoms with van der Waals surface area (Å²) < 4.78 is 32.7. The summed E-state index contributed by atoms with van der Waals surface area (Å²) in [5, 5.41) is 0. The van der Waals surface area contributed by atoms with Gasteiger partial charge in [-0.1, -0.05) is 54.8 Å². The van der Waals surface area contributed by atoms with Crippen molar-refractivity contribution in [3.63, 3.8) is 0 Å². The number of aryl methyl sites for hydroxylation is 2. The molecule has 2 aromatic carbocycles. The summed E-state index contributed by atoms with van der Waals surface area (Å²) in [6.07, 6.45) is 7.83. The van der Waals surface area contributed by atoms with Crippen LogP contribution in [0.5, 0.6) is 5.75 Å². The maximum absolute atomic E-state index is 12.6. The van der Waals surface area contributed by atoms with Crippen LogP contribution in [0.15, 0.2) is 53.4 Å². The normalized spacial score (nSPS) is 15.3. The van der Waals surface area contributed by atoms with E-state index in [2.05, 4.69) is 16.9 Å². The van der Waals surface area contributed by atoms with Gasteiger partial charge < -0.3 is 9.64 Å². The number of carbonyl (C=O) groups excluding carboxylic acids is 1. The van der Waals surface area contributed by atoms with Crippen molar-refractivity contribution < 1.29 is 17.9 Å². The lowest BCUT2D eigenvalue weighted by molar-refractivity contribution is 0.172. The third-order valence-corrected chi connectivity index (χ3v) is 7.87. The van der Waals surface area contributed by atoms with Gasteiger partial charge in [-0.2, -0.15) is 0 Å². The van der Waals surface area contributed by atoms with E-state index in [4.69, 9.17) is 4.74 Å². The topological polar surface area (TPSA) is 75.7 Å². The Labute approximate surface area is 204 Å². The summed E-state index contributed by atoms with van der Waals surface area (Å²) >= 11 is 0. The zero-order valence-electron chi connectivity index (χ0n) is 20.4. The number of hydrogen-bond donors (Lipinski definition) is 1. The first kappa shape index (κ1) is 25.8. The highest BCUT2D eigenvalue weighted by molar-refractivity contribution is 7.94. The van der Waals surface area contributed by atoms with E-state index in [9.17, 15) is 13.2 Å². The Kier molecular flexibility index (Phi) is 9.16. The standard InChI is InChI=1S/C27H36N2O4S/c1-21-11-13-25(14-12-21)19-22(2)34(31,32)28-27(30)29-17-15-23(16-18-29)7-4-5-8-24-9-6-10-26(20-24)33-3/h6,9-14,19-20,23H,4-5,7-8,15-18H2,1-3H3,(H,28,30)/b22-19+. The van der Waals surface area contributed by atoms with Gasteiger partial charge in [-0.3, -0.25) is 0 Å². The number of ether oxygens (including phenoxy) is 1. The SMILES string of the molecule is COc1cccc(CCCCC2CCN(C(=O)NS(=O)(=O)/C(C)=C/c3ccc(C)cc3)CC2)c1. The molecule has 2 amide bonds. The van der Waals surface area contributed by atoms with Gasteiger partial charge in [-0.25, -0.2) is 17.9 Å². The van der Waals surface area contributed by atoms with Gasteiger partial charge in [-0.05, 0) is 74.8 Å². The van der Waals surface area contributed by atoms with Crippen LogP contribution in [0.2, 0.25) is 0 Å². The molecular weight excluding hydrogens is 448 g/mol. The molecule has 0 aliphatic carbocycles. The molecule has 7 heteroatoms. The fourth-order valence-electron chi connectivity index (χ4n) is 4.25. The first-order chi connectivity index (χ1) is 16.3. The Hall–Kier alpha value is -2.80. The van der Waals surface area contributed by atoms with Crippen LogP contribution in [-0.4, -0.2) is 39.5 Å². The molecular formula is C27H36N2O4S. The van der Waals surface area contributed by atoms with Crippen LogP contribution in [0, 0.1) is 12.8 Å². The molecule has 0 radical (unpaired) electrons. The molecule has 0 unspecified atom stereocenters. The van der Waals surface area contributed by atoms with Crippen LogP contribution in [0.25, 0.3) is 6.08 Å². The van der Waals surface area contributed by atoms with Gasteiger partial charge in [0.25, 0.3) is 10.0 Å². The smallest absolute Gasteiger partial charge is 0.331 e. The van der Waals surface area contributed by atoms with Crippen molar-refractivity contribution in [2.24, 2.45) is 5.92 Å². The highest BCUT2D eigenvalue weighted by Crippen LogP contribution is 2.24. The quantitative estimate of drug-likeness (QED) is 0.475. The van der Waals surface area contributed by atoms with Crippen LogP contribution in [0.4, 0.5) is 4.79 Å². The van der Waals surface area contributed by atoms with Gasteiger partial charge in [0.1, 0.15) is 5.75 Å². The summed E-state index contributed by atoms with van der Waals surface area (Å²) in [6.45, 7) is 4.65. The molecule has 2 aromatic rings. The molecule has 1 heterocycles. The molecule has 184 valence electrons. The first-order valence-electron chi connectivity index (χ1n) is 12.0. The Morgan fingerprint density at radius 3 is 2.50 bits per heavy atom. The number of unbranched alkanes of at least 4 members (excludes halogenated alkanes) is 1. The molecule has 6 nitrogen and oxygen atoms in total. The predicted molar refractivity (Wildman–Crippen MR) is 137 cm³/mol. The average Bonchev–Trinajstić information content (AvgIpc) is 2.83. The largest absolute Gasteiger partial charge is 0.497 e. The summed E-state index contributed by atoms with van der Waals surface area (Å²) in [5.74, 6) is 1.47. The summed E-state index contributed by atoms with van der Waals surface area (Å²) in [5.41, 5.74) is 3.18. The summed E-state index contributed by atoms with van der Waals surface area (Å²) in [7, 11) is -2.18. The van der Waals surface area contributed by atoms with Crippen molar-refractivity contribution in [3.05, 3.63) is 70.1 Å². The number of allylic oxidation sites excluding steroid dienone is 1. The van der Waals surface area contributed by atoms with Gasteiger partial charge in [-0.15, -0.1) is 0 Å². The van der Waals surface area contributed by atoms with Crippen LogP contribution >= 0.6 is 0 Å². The molecule has 0 saturated carbocycles. The van der Waals surface area contributed by atoms with E-state index in [-0.39, 0.29) is 4.91 Å². The number of methoxy groups -OCH3 is 1. The van der Waals surface area contributed by atoms with Gasteiger partial charge in [0.15, 0.2) is 0 Å². The number of benzene rings is 2. The van der Waals surface area contributed by atoms with Crippen molar-refractivity contribution in [3.8, 4) is 5.75 Å². The minimum absolute atomic E-state index is 0.121. The van der Waals surface area contributed by atoms with E-state index in [0.29, 0.717) is 19.0 Å². The molecule has 0 bridgehead atoms. The second-order valence-corrected chi connectivity index (χ2v) is 11.0. The minimum Gasteiger partial charge on any atom is -0.497 e. The molecule has 0 aromatic heterocycles. The fourth-order valence-corrected chi connectivity index (χ4v) is 5.06. The van der Waals surface area contributed by atoms with E-state index < -0.39 is 16.1 Å².